The SMILES string of the molecule is O=C(NCc1ccccc1CN1CCCC1)Nc1nccs1. The number of hydrogen-bond acceptors (Lipinski definition) is 4. The fraction of sp³-hybridized carbons (Fsp3) is 0.375. The normalized spacial score (nSPS) is 14.9. The van der Waals surface area contributed by atoms with Gasteiger partial charge in [0.15, 0.2) is 5.13 Å². The van der Waals surface area contributed by atoms with Crippen molar-refractivity contribution in [3.8, 4) is 0 Å². The van der Waals surface area contributed by atoms with Crippen molar-refractivity contribution in [2.75, 3.05) is 18.4 Å². The van der Waals surface area contributed by atoms with Crippen LogP contribution in [0.5, 0.6) is 0 Å². The number of likely N-dealkylation sites (tertiary alicyclic amines) is 1. The topological polar surface area (TPSA) is 57.3 Å². The Morgan fingerprint density at radius 3 is 2.73 bits per heavy atom. The molecule has 1 saturated heterocycles. The summed E-state index contributed by atoms with van der Waals surface area (Å²) in [6.07, 6.45) is 4.25. The summed E-state index contributed by atoms with van der Waals surface area (Å²) in [4.78, 5) is 18.4. The summed E-state index contributed by atoms with van der Waals surface area (Å²) in [5.74, 6) is 0. The highest BCUT2D eigenvalue weighted by Gasteiger charge is 2.13. The summed E-state index contributed by atoms with van der Waals surface area (Å²) >= 11 is 1.41. The molecule has 1 aliphatic rings. The molecule has 1 fully saturated rings. The minimum absolute atomic E-state index is 0.217. The monoisotopic (exact) mass is 316 g/mol. The zero-order valence-electron chi connectivity index (χ0n) is 12.4. The average molecular weight is 316 g/mol. The maximum atomic E-state index is 11.9. The van der Waals surface area contributed by atoms with Crippen molar-refractivity contribution < 1.29 is 4.79 Å². The Kier molecular flexibility index (Phi) is 5.03. The van der Waals surface area contributed by atoms with Crippen LogP contribution >= 0.6 is 11.3 Å². The van der Waals surface area contributed by atoms with Crippen molar-refractivity contribution in [3.05, 3.63) is 47.0 Å². The van der Waals surface area contributed by atoms with Crippen LogP contribution in [0.1, 0.15) is 24.0 Å². The van der Waals surface area contributed by atoms with Crippen molar-refractivity contribution in [1.29, 1.82) is 0 Å². The number of nitrogens with one attached hydrogen (secondary N) is 2. The van der Waals surface area contributed by atoms with Crippen molar-refractivity contribution in [2.45, 2.75) is 25.9 Å². The summed E-state index contributed by atoms with van der Waals surface area (Å²) in [5.41, 5.74) is 2.46. The van der Waals surface area contributed by atoms with Gasteiger partial charge in [0.1, 0.15) is 0 Å². The Hall–Kier alpha value is -1.92. The molecule has 2 amide bonds. The van der Waals surface area contributed by atoms with E-state index in [0.717, 1.165) is 6.54 Å². The fourth-order valence-electron chi connectivity index (χ4n) is 2.67. The van der Waals surface area contributed by atoms with E-state index in [1.807, 2.05) is 11.4 Å². The van der Waals surface area contributed by atoms with Gasteiger partial charge in [0.25, 0.3) is 0 Å². The first kappa shape index (κ1) is 15.0. The number of benzene rings is 1. The van der Waals surface area contributed by atoms with Crippen LogP contribution in [0.4, 0.5) is 9.93 Å². The van der Waals surface area contributed by atoms with E-state index in [1.165, 1.54) is 48.4 Å². The first-order valence-electron chi connectivity index (χ1n) is 7.55. The second kappa shape index (κ2) is 7.38. The molecule has 116 valence electrons. The van der Waals surface area contributed by atoms with E-state index >= 15 is 0 Å². The zero-order valence-corrected chi connectivity index (χ0v) is 13.2. The standard InChI is InChI=1S/C16H20N4OS/c21-15(19-16-17-7-10-22-16)18-11-13-5-1-2-6-14(13)12-20-8-3-4-9-20/h1-2,5-7,10H,3-4,8-9,11-12H2,(H2,17,18,19,21). The summed E-state index contributed by atoms with van der Waals surface area (Å²) in [7, 11) is 0. The summed E-state index contributed by atoms with van der Waals surface area (Å²) < 4.78 is 0. The van der Waals surface area contributed by atoms with Gasteiger partial charge >= 0.3 is 6.03 Å². The number of carbonyl (C=O) groups excluding carboxylic acids is 1. The molecule has 0 unspecified atom stereocenters. The molecular formula is C16H20N4OS. The molecule has 6 heteroatoms. The Morgan fingerprint density at radius 1 is 1.23 bits per heavy atom. The number of rotatable bonds is 5. The third-order valence-corrected chi connectivity index (χ3v) is 4.49. The number of thiazole rings is 1. The highest BCUT2D eigenvalue weighted by Crippen LogP contribution is 2.16. The minimum atomic E-state index is -0.217. The number of hydrogen-bond donors (Lipinski definition) is 2. The molecule has 2 heterocycles. The quantitative estimate of drug-likeness (QED) is 0.891. The van der Waals surface area contributed by atoms with Crippen molar-refractivity contribution in [3.63, 3.8) is 0 Å². The van der Waals surface area contributed by atoms with Crippen LogP contribution in [-0.2, 0) is 13.1 Å². The van der Waals surface area contributed by atoms with E-state index in [1.54, 1.807) is 6.20 Å². The van der Waals surface area contributed by atoms with E-state index in [4.69, 9.17) is 0 Å². The van der Waals surface area contributed by atoms with Crippen LogP contribution in [-0.4, -0.2) is 29.0 Å². The van der Waals surface area contributed by atoms with Crippen molar-refractivity contribution in [2.24, 2.45) is 0 Å². The van der Waals surface area contributed by atoms with Crippen LogP contribution in [0.3, 0.4) is 0 Å². The molecular weight excluding hydrogens is 296 g/mol. The Balaban J connectivity index is 1.56. The number of aromatic nitrogens is 1. The number of anilines is 1. The number of amides is 2. The smallest absolute Gasteiger partial charge is 0.321 e. The Morgan fingerprint density at radius 2 is 2.00 bits per heavy atom. The summed E-state index contributed by atoms with van der Waals surface area (Å²) in [6, 6.07) is 8.09. The third-order valence-electron chi connectivity index (χ3n) is 3.80. The molecule has 3 rings (SSSR count). The molecule has 0 bridgehead atoms. The lowest BCUT2D eigenvalue weighted by molar-refractivity contribution is 0.251. The van der Waals surface area contributed by atoms with Crippen LogP contribution in [0.2, 0.25) is 0 Å². The molecule has 0 aliphatic carbocycles. The number of urea groups is 1. The van der Waals surface area contributed by atoms with Crippen LogP contribution in [0.15, 0.2) is 35.8 Å². The van der Waals surface area contributed by atoms with Gasteiger partial charge in [-0.2, -0.15) is 0 Å². The molecule has 0 spiro atoms. The Bertz CT molecular complexity index is 608. The van der Waals surface area contributed by atoms with E-state index in [2.05, 4.69) is 38.7 Å². The Labute approximate surface area is 134 Å². The lowest BCUT2D eigenvalue weighted by atomic mass is 10.1. The maximum Gasteiger partial charge on any atom is 0.321 e. The van der Waals surface area contributed by atoms with E-state index in [0.29, 0.717) is 11.7 Å². The predicted octanol–water partition coefficient (Wildman–Crippen LogP) is 3.06. The van der Waals surface area contributed by atoms with Gasteiger partial charge in [0.05, 0.1) is 0 Å². The maximum absolute atomic E-state index is 11.9. The van der Waals surface area contributed by atoms with Gasteiger partial charge in [-0.1, -0.05) is 24.3 Å². The lowest BCUT2D eigenvalue weighted by Crippen LogP contribution is -2.29. The van der Waals surface area contributed by atoms with Gasteiger partial charge in [-0.3, -0.25) is 10.2 Å². The molecule has 1 aliphatic heterocycles. The van der Waals surface area contributed by atoms with Gasteiger partial charge in [0.2, 0.25) is 0 Å². The van der Waals surface area contributed by atoms with Gasteiger partial charge in [-0.25, -0.2) is 9.78 Å². The van der Waals surface area contributed by atoms with E-state index < -0.39 is 0 Å². The summed E-state index contributed by atoms with van der Waals surface area (Å²) in [5, 5.41) is 8.08. The second-order valence-electron chi connectivity index (χ2n) is 5.40. The molecule has 1 aromatic carbocycles. The van der Waals surface area contributed by atoms with E-state index in [-0.39, 0.29) is 6.03 Å². The van der Waals surface area contributed by atoms with Gasteiger partial charge in [-0.05, 0) is 37.1 Å². The number of nitrogens with zero attached hydrogens (tertiary/aromatic N) is 2. The second-order valence-corrected chi connectivity index (χ2v) is 6.29. The molecule has 5 nitrogen and oxygen atoms in total. The molecule has 2 N–H and O–H groups in total. The first-order chi connectivity index (χ1) is 10.8. The van der Waals surface area contributed by atoms with Crippen LogP contribution in [0.25, 0.3) is 0 Å². The molecule has 0 saturated carbocycles. The van der Waals surface area contributed by atoms with Gasteiger partial charge < -0.3 is 5.32 Å². The molecule has 22 heavy (non-hydrogen) atoms. The van der Waals surface area contributed by atoms with Gasteiger partial charge in [-0.15, -0.1) is 11.3 Å². The summed E-state index contributed by atoms with van der Waals surface area (Å²) in [6.45, 7) is 3.84. The molecule has 0 atom stereocenters. The minimum Gasteiger partial charge on any atom is -0.334 e. The van der Waals surface area contributed by atoms with Crippen molar-refractivity contribution >= 4 is 22.5 Å². The number of carbonyl (C=O) groups is 1. The lowest BCUT2D eigenvalue weighted by Gasteiger charge is -2.17. The predicted molar refractivity (Wildman–Crippen MR) is 88.9 cm³/mol. The highest BCUT2D eigenvalue weighted by atomic mass is 32.1. The molecule has 2 aromatic rings. The molecule has 1 aromatic heterocycles. The average Bonchev–Trinajstić information content (AvgIpc) is 3.20. The van der Waals surface area contributed by atoms with Gasteiger partial charge in [0, 0.05) is 24.7 Å². The zero-order chi connectivity index (χ0) is 15.2. The fourth-order valence-corrected chi connectivity index (χ4v) is 3.19. The largest absolute Gasteiger partial charge is 0.334 e. The first-order valence-corrected chi connectivity index (χ1v) is 8.43. The molecule has 0 radical (unpaired) electrons. The van der Waals surface area contributed by atoms with E-state index in [9.17, 15) is 4.79 Å². The highest BCUT2D eigenvalue weighted by molar-refractivity contribution is 7.13. The van der Waals surface area contributed by atoms with Crippen LogP contribution in [0, 0.1) is 0 Å². The third kappa shape index (κ3) is 4.05. The van der Waals surface area contributed by atoms with Crippen molar-refractivity contribution in [1.82, 2.24) is 15.2 Å². The van der Waals surface area contributed by atoms with Crippen LogP contribution < -0.4 is 10.6 Å².